The Labute approximate surface area is 191 Å². The van der Waals surface area contributed by atoms with Crippen LogP contribution in [-0.4, -0.2) is 27.2 Å². The lowest BCUT2D eigenvalue weighted by Gasteiger charge is -2.06. The van der Waals surface area contributed by atoms with E-state index < -0.39 is 0 Å². The van der Waals surface area contributed by atoms with Crippen LogP contribution in [0.1, 0.15) is 25.8 Å². The number of hydrogen-bond donors (Lipinski definition) is 0. The van der Waals surface area contributed by atoms with Crippen molar-refractivity contribution in [2.45, 2.75) is 39.8 Å². The minimum absolute atomic E-state index is 0.0213. The van der Waals surface area contributed by atoms with Gasteiger partial charge in [0.15, 0.2) is 11.6 Å². The fourth-order valence-corrected chi connectivity index (χ4v) is 4.76. The molecule has 2 aromatic heterocycles. The van der Waals surface area contributed by atoms with E-state index in [1.165, 1.54) is 4.68 Å². The number of aromatic nitrogens is 3. The molecule has 0 aliphatic carbocycles. The van der Waals surface area contributed by atoms with Gasteiger partial charge in [-0.1, -0.05) is 44.2 Å². The number of fused-ring (bicyclic) bond motifs is 1. The van der Waals surface area contributed by atoms with Crippen molar-refractivity contribution in [1.82, 2.24) is 14.3 Å². The lowest BCUT2D eigenvalue weighted by Crippen LogP contribution is -2.29. The number of aryl methyl sites for hydroxylation is 1. The summed E-state index contributed by atoms with van der Waals surface area (Å²) in [6.45, 7) is 4.67. The smallest absolute Gasteiger partial charge is 0.346 e. The van der Waals surface area contributed by atoms with Gasteiger partial charge in [0.05, 0.1) is 12.0 Å². The number of carbonyl (C=O) groups excluding carboxylic acids is 1. The molecule has 0 atom stereocenters. The van der Waals surface area contributed by atoms with Gasteiger partial charge in [-0.15, -0.1) is 16.4 Å². The summed E-state index contributed by atoms with van der Waals surface area (Å²) < 4.78 is 9.40. The van der Waals surface area contributed by atoms with Crippen LogP contribution in [0.15, 0.2) is 59.4 Å². The van der Waals surface area contributed by atoms with Gasteiger partial charge in [-0.2, -0.15) is 0 Å². The van der Waals surface area contributed by atoms with Crippen molar-refractivity contribution in [3.05, 3.63) is 70.6 Å². The zero-order valence-corrected chi connectivity index (χ0v) is 19.4. The number of nitrogens with zero attached hydrogens (tertiary/aromatic N) is 3. The molecule has 4 rings (SSSR count). The summed E-state index contributed by atoms with van der Waals surface area (Å²) in [6.07, 6.45) is 0.940. The average Bonchev–Trinajstić information content (AvgIpc) is 3.34. The standard InChI is InChI=1S/C25H27N3O3S/c1-17(2)15-27-24(23-14-19-8-4-5-10-22(19)32-23)26-28(25(27)30)16-20(29)12-11-18-7-6-9-21(13-18)31-3/h4-10,13-14,17H,11-12,15-16H2,1-3H3. The minimum atomic E-state index is -0.235. The highest BCUT2D eigenvalue weighted by molar-refractivity contribution is 7.22. The Kier molecular flexibility index (Phi) is 6.55. The highest BCUT2D eigenvalue weighted by Gasteiger charge is 2.19. The van der Waals surface area contributed by atoms with Crippen molar-refractivity contribution in [3.63, 3.8) is 0 Å². The predicted octanol–water partition coefficient (Wildman–Crippen LogP) is 4.79. The summed E-state index contributed by atoms with van der Waals surface area (Å²) in [5, 5.41) is 5.71. The van der Waals surface area contributed by atoms with Crippen LogP contribution in [0, 0.1) is 5.92 Å². The Morgan fingerprint density at radius 1 is 1.12 bits per heavy atom. The molecule has 7 heteroatoms. The van der Waals surface area contributed by atoms with Gasteiger partial charge in [0.25, 0.3) is 0 Å². The molecule has 0 fully saturated rings. The van der Waals surface area contributed by atoms with E-state index in [2.05, 4.69) is 37.1 Å². The summed E-state index contributed by atoms with van der Waals surface area (Å²) >= 11 is 1.61. The molecule has 2 heterocycles. The monoisotopic (exact) mass is 449 g/mol. The first kappa shape index (κ1) is 22.0. The average molecular weight is 450 g/mol. The lowest BCUT2D eigenvalue weighted by molar-refractivity contribution is -0.119. The van der Waals surface area contributed by atoms with Crippen LogP contribution in [-0.2, 0) is 24.3 Å². The number of benzene rings is 2. The number of thiophene rings is 1. The van der Waals surface area contributed by atoms with E-state index in [4.69, 9.17) is 4.74 Å². The first-order valence-electron chi connectivity index (χ1n) is 10.8. The summed E-state index contributed by atoms with van der Waals surface area (Å²) in [4.78, 5) is 26.7. The number of hydrogen-bond acceptors (Lipinski definition) is 5. The molecule has 0 bridgehead atoms. The number of Topliss-reactive ketones (excluding diaryl/α,β-unsaturated/α-hetero) is 1. The Morgan fingerprint density at radius 3 is 2.69 bits per heavy atom. The van der Waals surface area contributed by atoms with Gasteiger partial charge in [-0.05, 0) is 47.6 Å². The Bertz CT molecular complexity index is 1270. The fourth-order valence-electron chi connectivity index (χ4n) is 3.71. The van der Waals surface area contributed by atoms with Gasteiger partial charge in [0, 0.05) is 17.7 Å². The maximum absolute atomic E-state index is 13.1. The molecule has 2 aromatic carbocycles. The maximum atomic E-state index is 13.1. The number of carbonyl (C=O) groups is 1. The van der Waals surface area contributed by atoms with Gasteiger partial charge in [-0.25, -0.2) is 9.48 Å². The van der Waals surface area contributed by atoms with Crippen molar-refractivity contribution >= 4 is 27.2 Å². The van der Waals surface area contributed by atoms with Gasteiger partial charge in [-0.3, -0.25) is 9.36 Å². The number of methoxy groups -OCH3 is 1. The van der Waals surface area contributed by atoms with E-state index in [9.17, 15) is 9.59 Å². The molecule has 32 heavy (non-hydrogen) atoms. The van der Waals surface area contributed by atoms with Crippen molar-refractivity contribution in [2.24, 2.45) is 5.92 Å². The third-order valence-corrected chi connectivity index (χ3v) is 6.38. The van der Waals surface area contributed by atoms with E-state index in [1.54, 1.807) is 23.0 Å². The second-order valence-electron chi connectivity index (χ2n) is 8.31. The van der Waals surface area contributed by atoms with Crippen LogP contribution in [0.25, 0.3) is 20.8 Å². The highest BCUT2D eigenvalue weighted by Crippen LogP contribution is 2.32. The zero-order chi connectivity index (χ0) is 22.7. The molecular weight excluding hydrogens is 422 g/mol. The Morgan fingerprint density at radius 2 is 1.94 bits per heavy atom. The summed E-state index contributed by atoms with van der Waals surface area (Å²) in [5.41, 5.74) is 0.794. The largest absolute Gasteiger partial charge is 0.497 e. The summed E-state index contributed by atoms with van der Waals surface area (Å²) in [7, 11) is 1.62. The predicted molar refractivity (Wildman–Crippen MR) is 128 cm³/mol. The van der Waals surface area contributed by atoms with Crippen LogP contribution >= 0.6 is 11.3 Å². The van der Waals surface area contributed by atoms with Crippen LogP contribution in [0.5, 0.6) is 5.75 Å². The topological polar surface area (TPSA) is 66.1 Å². The fraction of sp³-hybridized carbons (Fsp3) is 0.320. The van der Waals surface area contributed by atoms with Crippen molar-refractivity contribution < 1.29 is 9.53 Å². The van der Waals surface area contributed by atoms with Crippen molar-refractivity contribution in [2.75, 3.05) is 7.11 Å². The van der Waals surface area contributed by atoms with Crippen molar-refractivity contribution in [1.29, 1.82) is 0 Å². The highest BCUT2D eigenvalue weighted by atomic mass is 32.1. The van der Waals surface area contributed by atoms with E-state index >= 15 is 0 Å². The van der Waals surface area contributed by atoms with Crippen LogP contribution in [0.3, 0.4) is 0 Å². The Balaban J connectivity index is 1.57. The third-order valence-electron chi connectivity index (χ3n) is 5.27. The first-order chi connectivity index (χ1) is 15.4. The maximum Gasteiger partial charge on any atom is 0.346 e. The van der Waals surface area contributed by atoms with E-state index in [0.29, 0.717) is 25.2 Å². The summed E-state index contributed by atoms with van der Waals surface area (Å²) in [6, 6.07) is 17.9. The van der Waals surface area contributed by atoms with Crippen LogP contribution < -0.4 is 10.4 Å². The molecule has 0 aliphatic heterocycles. The number of ether oxygens (including phenoxy) is 1. The lowest BCUT2D eigenvalue weighted by atomic mass is 10.1. The van der Waals surface area contributed by atoms with Gasteiger partial charge in [0.2, 0.25) is 0 Å². The normalized spacial score (nSPS) is 11.4. The molecule has 166 valence electrons. The quantitative estimate of drug-likeness (QED) is 0.368. The van der Waals surface area contributed by atoms with Gasteiger partial charge in [0.1, 0.15) is 12.3 Å². The molecule has 0 radical (unpaired) electrons. The molecule has 0 aliphatic rings. The molecule has 0 saturated carbocycles. The first-order valence-corrected chi connectivity index (χ1v) is 11.6. The second kappa shape index (κ2) is 9.53. The van der Waals surface area contributed by atoms with Crippen LogP contribution in [0.4, 0.5) is 0 Å². The van der Waals surface area contributed by atoms with Gasteiger partial charge < -0.3 is 4.74 Å². The number of ketones is 1. The van der Waals surface area contributed by atoms with Crippen molar-refractivity contribution in [3.8, 4) is 16.5 Å². The molecular formula is C25H27N3O3S. The van der Waals surface area contributed by atoms with Crippen LogP contribution in [0.2, 0.25) is 0 Å². The molecule has 0 amide bonds. The van der Waals surface area contributed by atoms with E-state index in [0.717, 1.165) is 26.3 Å². The summed E-state index contributed by atoms with van der Waals surface area (Å²) in [5.74, 6) is 1.66. The third kappa shape index (κ3) is 4.83. The van der Waals surface area contributed by atoms with Gasteiger partial charge >= 0.3 is 5.69 Å². The molecule has 4 aromatic rings. The zero-order valence-electron chi connectivity index (χ0n) is 18.6. The molecule has 0 unspecified atom stereocenters. The Hall–Kier alpha value is -3.19. The molecule has 0 N–H and O–H groups in total. The van der Waals surface area contributed by atoms with E-state index in [1.807, 2.05) is 36.4 Å². The minimum Gasteiger partial charge on any atom is -0.497 e. The molecule has 6 nitrogen and oxygen atoms in total. The second-order valence-corrected chi connectivity index (χ2v) is 9.39. The SMILES string of the molecule is COc1cccc(CCC(=O)Cn2nc(-c3cc4ccccc4s3)n(CC(C)C)c2=O)c1. The van der Waals surface area contributed by atoms with E-state index in [-0.39, 0.29) is 23.9 Å². The molecule has 0 saturated heterocycles. The number of rotatable bonds is 9. The molecule has 0 spiro atoms.